The van der Waals surface area contributed by atoms with Gasteiger partial charge in [-0.05, 0) is 60.7 Å². The third kappa shape index (κ3) is 4.15. The minimum atomic E-state index is 0.102. The van der Waals surface area contributed by atoms with Crippen LogP contribution in [0.1, 0.15) is 41.6 Å². The highest BCUT2D eigenvalue weighted by Gasteiger charge is 2.26. The van der Waals surface area contributed by atoms with E-state index in [-0.39, 0.29) is 5.91 Å². The zero-order valence-corrected chi connectivity index (χ0v) is 19.5. The van der Waals surface area contributed by atoms with Crippen molar-refractivity contribution >= 4 is 28.3 Å². The third-order valence-corrected chi connectivity index (χ3v) is 7.16. The maximum atomic E-state index is 13.5. The fourth-order valence-corrected chi connectivity index (χ4v) is 5.27. The number of rotatable bonds is 4. The van der Waals surface area contributed by atoms with Gasteiger partial charge in [-0.25, -0.2) is 4.98 Å². The first-order valence-electron chi connectivity index (χ1n) is 11.9. The number of carbonyl (C=O) groups is 1. The number of aryl methyl sites for hydroxylation is 1. The summed E-state index contributed by atoms with van der Waals surface area (Å²) in [5.74, 6) is 0.646. The van der Waals surface area contributed by atoms with Crippen molar-refractivity contribution < 1.29 is 9.53 Å². The summed E-state index contributed by atoms with van der Waals surface area (Å²) in [5, 5.41) is 1.02. The molecular formula is C27H32N4O2. The lowest BCUT2D eigenvalue weighted by molar-refractivity contribution is 0.0736. The molecule has 6 nitrogen and oxygen atoms in total. The number of nitrogens with zero attached hydrogens (tertiary/aromatic N) is 3. The van der Waals surface area contributed by atoms with Crippen LogP contribution in [0.4, 0.5) is 11.5 Å². The molecule has 5 rings (SSSR count). The normalized spacial score (nSPS) is 17.0. The Morgan fingerprint density at radius 3 is 2.64 bits per heavy atom. The van der Waals surface area contributed by atoms with Crippen molar-refractivity contribution in [1.82, 2.24) is 9.88 Å². The number of aromatic nitrogens is 1. The van der Waals surface area contributed by atoms with Crippen molar-refractivity contribution in [1.29, 1.82) is 0 Å². The van der Waals surface area contributed by atoms with Crippen LogP contribution >= 0.6 is 0 Å². The van der Waals surface area contributed by atoms with Gasteiger partial charge in [0.2, 0.25) is 0 Å². The molecule has 3 aromatic rings. The maximum absolute atomic E-state index is 13.5. The van der Waals surface area contributed by atoms with E-state index in [0.29, 0.717) is 25.1 Å². The topological polar surface area (TPSA) is 71.7 Å². The van der Waals surface area contributed by atoms with Gasteiger partial charge in [0.15, 0.2) is 0 Å². The standard InChI is InChI=1S/C27H32N4O2/c1-18-6-5-9-22(27(32)30(2)21-7-3-4-8-21)25(18)19-10-11-23-20(16-19)17-24(26(28)29-23)31-12-14-33-15-13-31/h5-6,9-11,16-17,21H,3-4,7-8,12-15H2,1-2H3,(H2,28,29). The number of ether oxygens (including phenoxy) is 1. The molecule has 1 aliphatic heterocycles. The number of amides is 1. The van der Waals surface area contributed by atoms with Gasteiger partial charge in [-0.15, -0.1) is 0 Å². The zero-order chi connectivity index (χ0) is 22.9. The maximum Gasteiger partial charge on any atom is 0.254 e. The Morgan fingerprint density at radius 2 is 1.88 bits per heavy atom. The molecule has 172 valence electrons. The number of morpholine rings is 1. The Hall–Kier alpha value is -3.12. The van der Waals surface area contributed by atoms with Crippen LogP contribution in [-0.4, -0.2) is 55.2 Å². The molecular weight excluding hydrogens is 412 g/mol. The van der Waals surface area contributed by atoms with Gasteiger partial charge >= 0.3 is 0 Å². The summed E-state index contributed by atoms with van der Waals surface area (Å²) in [7, 11) is 1.95. The number of benzene rings is 2. The Kier molecular flexibility index (Phi) is 5.94. The second kappa shape index (κ2) is 9.02. The molecule has 0 unspecified atom stereocenters. The predicted octanol–water partition coefficient (Wildman–Crippen LogP) is 4.64. The molecule has 2 aliphatic rings. The lowest BCUT2D eigenvalue weighted by atomic mass is 9.93. The summed E-state index contributed by atoms with van der Waals surface area (Å²) in [4.78, 5) is 22.4. The molecule has 1 saturated carbocycles. The van der Waals surface area contributed by atoms with Crippen LogP contribution in [0.3, 0.4) is 0 Å². The van der Waals surface area contributed by atoms with E-state index in [9.17, 15) is 4.79 Å². The average molecular weight is 445 g/mol. The zero-order valence-electron chi connectivity index (χ0n) is 19.5. The number of anilines is 2. The van der Waals surface area contributed by atoms with E-state index in [1.807, 2.05) is 30.1 Å². The van der Waals surface area contributed by atoms with Gasteiger partial charge in [0.1, 0.15) is 5.82 Å². The quantitative estimate of drug-likeness (QED) is 0.635. The highest BCUT2D eigenvalue weighted by Crippen LogP contribution is 2.34. The summed E-state index contributed by atoms with van der Waals surface area (Å²) in [5.41, 5.74) is 12.0. The molecule has 0 radical (unpaired) electrons. The van der Waals surface area contributed by atoms with E-state index in [1.165, 1.54) is 12.8 Å². The number of nitrogen functional groups attached to an aromatic ring is 1. The number of hydrogen-bond acceptors (Lipinski definition) is 5. The molecule has 1 amide bonds. The van der Waals surface area contributed by atoms with Crippen molar-refractivity contribution in [2.24, 2.45) is 0 Å². The van der Waals surface area contributed by atoms with Crippen LogP contribution in [0.5, 0.6) is 0 Å². The van der Waals surface area contributed by atoms with Crippen LogP contribution in [0, 0.1) is 6.92 Å². The summed E-state index contributed by atoms with van der Waals surface area (Å²) in [6.07, 6.45) is 4.60. The van der Waals surface area contributed by atoms with Crippen molar-refractivity contribution in [2.75, 3.05) is 44.0 Å². The second-order valence-electron chi connectivity index (χ2n) is 9.25. The van der Waals surface area contributed by atoms with Gasteiger partial charge in [0.05, 0.1) is 24.4 Å². The minimum absolute atomic E-state index is 0.102. The Labute approximate surface area is 195 Å². The van der Waals surface area contributed by atoms with E-state index in [0.717, 1.165) is 64.8 Å². The summed E-state index contributed by atoms with van der Waals surface area (Å²) in [6, 6.07) is 14.7. The monoisotopic (exact) mass is 444 g/mol. The summed E-state index contributed by atoms with van der Waals surface area (Å²) in [6.45, 7) is 5.08. The molecule has 2 heterocycles. The van der Waals surface area contributed by atoms with Gasteiger partial charge in [-0.2, -0.15) is 0 Å². The molecule has 1 aromatic heterocycles. The lowest BCUT2D eigenvalue weighted by Crippen LogP contribution is -2.36. The molecule has 0 bridgehead atoms. The van der Waals surface area contributed by atoms with E-state index >= 15 is 0 Å². The number of carbonyl (C=O) groups excluding carboxylic acids is 1. The van der Waals surface area contributed by atoms with Crippen LogP contribution in [0.25, 0.3) is 22.0 Å². The average Bonchev–Trinajstić information content (AvgIpc) is 3.38. The SMILES string of the molecule is Cc1cccc(C(=O)N(C)C2CCCC2)c1-c1ccc2nc(N)c(N3CCOCC3)cc2c1. The van der Waals surface area contributed by atoms with Crippen molar-refractivity contribution in [3.05, 3.63) is 53.6 Å². The van der Waals surface area contributed by atoms with E-state index in [4.69, 9.17) is 10.5 Å². The van der Waals surface area contributed by atoms with Crippen LogP contribution < -0.4 is 10.6 Å². The Balaban J connectivity index is 1.56. The number of nitrogens with two attached hydrogens (primary N) is 1. The second-order valence-corrected chi connectivity index (χ2v) is 9.25. The Bertz CT molecular complexity index is 1180. The minimum Gasteiger partial charge on any atom is -0.382 e. The van der Waals surface area contributed by atoms with Gasteiger partial charge in [0, 0.05) is 37.1 Å². The van der Waals surface area contributed by atoms with E-state index in [1.54, 1.807) is 0 Å². The number of pyridine rings is 1. The molecule has 0 spiro atoms. The largest absolute Gasteiger partial charge is 0.382 e. The third-order valence-electron chi connectivity index (χ3n) is 7.16. The molecule has 1 saturated heterocycles. The summed E-state index contributed by atoms with van der Waals surface area (Å²) >= 11 is 0. The molecule has 2 aromatic carbocycles. The Morgan fingerprint density at radius 1 is 1.12 bits per heavy atom. The van der Waals surface area contributed by atoms with Crippen LogP contribution in [0.2, 0.25) is 0 Å². The number of fused-ring (bicyclic) bond motifs is 1. The fraction of sp³-hybridized carbons (Fsp3) is 0.407. The van der Waals surface area contributed by atoms with Crippen molar-refractivity contribution in [2.45, 2.75) is 38.6 Å². The predicted molar refractivity (Wildman–Crippen MR) is 134 cm³/mol. The highest BCUT2D eigenvalue weighted by atomic mass is 16.5. The first kappa shape index (κ1) is 21.7. The van der Waals surface area contributed by atoms with Crippen molar-refractivity contribution in [3.63, 3.8) is 0 Å². The first-order chi connectivity index (χ1) is 16.0. The first-order valence-corrected chi connectivity index (χ1v) is 11.9. The molecule has 1 aliphatic carbocycles. The van der Waals surface area contributed by atoms with Gasteiger partial charge in [0.25, 0.3) is 5.91 Å². The molecule has 33 heavy (non-hydrogen) atoms. The smallest absolute Gasteiger partial charge is 0.254 e. The van der Waals surface area contributed by atoms with E-state index in [2.05, 4.69) is 41.1 Å². The van der Waals surface area contributed by atoms with E-state index < -0.39 is 0 Å². The van der Waals surface area contributed by atoms with Crippen LogP contribution in [0.15, 0.2) is 42.5 Å². The van der Waals surface area contributed by atoms with Gasteiger partial charge in [-0.3, -0.25) is 4.79 Å². The van der Waals surface area contributed by atoms with Gasteiger partial charge in [-0.1, -0.05) is 31.0 Å². The van der Waals surface area contributed by atoms with Gasteiger partial charge < -0.3 is 20.3 Å². The molecule has 2 fully saturated rings. The summed E-state index contributed by atoms with van der Waals surface area (Å²) < 4.78 is 5.49. The molecule has 2 N–H and O–H groups in total. The fourth-order valence-electron chi connectivity index (χ4n) is 5.27. The lowest BCUT2D eigenvalue weighted by Gasteiger charge is -2.29. The molecule has 6 heteroatoms. The van der Waals surface area contributed by atoms with Crippen molar-refractivity contribution in [3.8, 4) is 11.1 Å². The highest BCUT2D eigenvalue weighted by molar-refractivity contribution is 6.03. The molecule has 0 atom stereocenters. The number of hydrogen-bond donors (Lipinski definition) is 1. The van der Waals surface area contributed by atoms with Crippen LogP contribution in [-0.2, 0) is 4.74 Å².